The second-order valence-corrected chi connectivity index (χ2v) is 6.80. The summed E-state index contributed by atoms with van der Waals surface area (Å²) in [5.41, 5.74) is 10.1. The number of hydrogen-bond donors (Lipinski definition) is 1. The van der Waals surface area contributed by atoms with E-state index < -0.39 is 10.8 Å². The fourth-order valence-electron chi connectivity index (χ4n) is 2.83. The number of methoxy groups -OCH3 is 1. The Hall–Kier alpha value is -1.81. The van der Waals surface area contributed by atoms with E-state index in [1.165, 1.54) is 17.5 Å². The van der Waals surface area contributed by atoms with E-state index in [1.807, 2.05) is 18.2 Å². The third kappa shape index (κ3) is 2.95. The summed E-state index contributed by atoms with van der Waals surface area (Å²) in [4.78, 5) is 0.889. The molecule has 1 aliphatic carbocycles. The molecule has 0 radical (unpaired) electrons. The number of nitrogens with two attached hydrogens (primary N) is 1. The molecule has 110 valence electrons. The van der Waals surface area contributed by atoms with Crippen LogP contribution in [0.5, 0.6) is 5.75 Å². The summed E-state index contributed by atoms with van der Waals surface area (Å²) in [6, 6.07) is 11.7. The minimum Gasteiger partial charge on any atom is -0.496 e. The van der Waals surface area contributed by atoms with Crippen molar-refractivity contribution in [3.63, 3.8) is 0 Å². The van der Waals surface area contributed by atoms with Crippen LogP contribution >= 0.6 is 0 Å². The van der Waals surface area contributed by atoms with E-state index in [1.54, 1.807) is 13.2 Å². The van der Waals surface area contributed by atoms with Crippen molar-refractivity contribution in [2.45, 2.75) is 29.9 Å². The lowest BCUT2D eigenvalue weighted by Crippen LogP contribution is -2.01. The van der Waals surface area contributed by atoms with Gasteiger partial charge in [0, 0.05) is 16.1 Å². The highest BCUT2D eigenvalue weighted by atomic mass is 32.2. The predicted molar refractivity (Wildman–Crippen MR) is 86.0 cm³/mol. The molecule has 0 aromatic heterocycles. The zero-order chi connectivity index (χ0) is 14.8. The number of hydrogen-bond acceptors (Lipinski definition) is 3. The van der Waals surface area contributed by atoms with Crippen LogP contribution in [0, 0.1) is 0 Å². The largest absolute Gasteiger partial charge is 0.496 e. The fraction of sp³-hybridized carbons (Fsp3) is 0.294. The van der Waals surface area contributed by atoms with E-state index in [0.717, 1.165) is 29.1 Å². The van der Waals surface area contributed by atoms with Crippen molar-refractivity contribution in [2.75, 3.05) is 12.8 Å². The smallest absolute Gasteiger partial charge is 0.123 e. The second kappa shape index (κ2) is 5.90. The fourth-order valence-corrected chi connectivity index (χ4v) is 3.99. The molecule has 0 heterocycles. The van der Waals surface area contributed by atoms with Gasteiger partial charge in [0.05, 0.1) is 23.7 Å². The molecule has 3 rings (SSSR count). The topological polar surface area (TPSA) is 52.3 Å². The Bertz CT molecular complexity index is 697. The molecule has 0 amide bonds. The molecule has 0 saturated carbocycles. The van der Waals surface area contributed by atoms with Gasteiger partial charge in [-0.3, -0.25) is 4.21 Å². The van der Waals surface area contributed by atoms with E-state index in [-0.39, 0.29) is 0 Å². The average Bonchev–Trinajstić information content (AvgIpc) is 2.94. The lowest BCUT2D eigenvalue weighted by molar-refractivity contribution is 0.411. The molecule has 2 aromatic carbocycles. The first-order chi connectivity index (χ1) is 10.2. The van der Waals surface area contributed by atoms with Gasteiger partial charge in [-0.2, -0.15) is 0 Å². The number of nitrogen functional groups attached to an aromatic ring is 1. The summed E-state index contributed by atoms with van der Waals surface area (Å²) in [7, 11) is 0.536. The van der Waals surface area contributed by atoms with E-state index in [0.29, 0.717) is 11.4 Å². The molecule has 0 aliphatic heterocycles. The van der Waals surface area contributed by atoms with Gasteiger partial charge in [-0.05, 0) is 60.7 Å². The van der Waals surface area contributed by atoms with E-state index in [4.69, 9.17) is 10.5 Å². The van der Waals surface area contributed by atoms with Gasteiger partial charge in [0.15, 0.2) is 0 Å². The van der Waals surface area contributed by atoms with Gasteiger partial charge in [-0.15, -0.1) is 0 Å². The third-order valence-corrected chi connectivity index (χ3v) is 5.28. The van der Waals surface area contributed by atoms with Crippen molar-refractivity contribution < 1.29 is 8.95 Å². The van der Waals surface area contributed by atoms with Crippen molar-refractivity contribution >= 4 is 16.5 Å². The summed E-state index contributed by atoms with van der Waals surface area (Å²) in [5.74, 6) is 1.16. The maximum absolute atomic E-state index is 12.6. The molecule has 1 atom stereocenters. The molecule has 0 saturated heterocycles. The Balaban J connectivity index is 1.85. The van der Waals surface area contributed by atoms with Crippen LogP contribution in [0.1, 0.15) is 23.1 Å². The Kier molecular flexibility index (Phi) is 3.97. The van der Waals surface area contributed by atoms with Crippen LogP contribution in [0.15, 0.2) is 41.3 Å². The molecule has 0 spiro atoms. The van der Waals surface area contributed by atoms with Crippen molar-refractivity contribution in [3.8, 4) is 5.75 Å². The molecule has 2 N–H and O–H groups in total. The van der Waals surface area contributed by atoms with Crippen LogP contribution in [0.3, 0.4) is 0 Å². The average molecular weight is 301 g/mol. The second-order valence-electron chi connectivity index (χ2n) is 5.35. The number of ether oxygens (including phenoxy) is 1. The van der Waals surface area contributed by atoms with E-state index in [9.17, 15) is 4.21 Å². The minimum absolute atomic E-state index is 0.424. The monoisotopic (exact) mass is 301 g/mol. The highest BCUT2D eigenvalue weighted by Gasteiger charge is 2.15. The maximum atomic E-state index is 12.6. The van der Waals surface area contributed by atoms with Crippen molar-refractivity contribution in [1.29, 1.82) is 0 Å². The zero-order valence-corrected chi connectivity index (χ0v) is 12.9. The normalized spacial score (nSPS) is 14.7. The molecule has 4 heteroatoms. The first kappa shape index (κ1) is 14.1. The maximum Gasteiger partial charge on any atom is 0.123 e. The van der Waals surface area contributed by atoms with Gasteiger partial charge in [-0.1, -0.05) is 6.07 Å². The zero-order valence-electron chi connectivity index (χ0n) is 12.1. The summed E-state index contributed by atoms with van der Waals surface area (Å²) in [6.45, 7) is 0. The highest BCUT2D eigenvalue weighted by molar-refractivity contribution is 7.84. The quantitative estimate of drug-likeness (QED) is 0.883. The minimum atomic E-state index is -1.08. The molecular weight excluding hydrogens is 282 g/mol. The van der Waals surface area contributed by atoms with Crippen molar-refractivity contribution in [2.24, 2.45) is 0 Å². The van der Waals surface area contributed by atoms with Crippen molar-refractivity contribution in [1.82, 2.24) is 0 Å². The van der Waals surface area contributed by atoms with E-state index in [2.05, 4.69) is 12.1 Å². The number of rotatable bonds is 4. The van der Waals surface area contributed by atoms with Crippen LogP contribution in [0.4, 0.5) is 5.69 Å². The SMILES string of the molecule is COc1ccc(N)cc1CS(=O)c1ccc2c(c1)CCC2. The van der Waals surface area contributed by atoms with Crippen LogP contribution in [0.25, 0.3) is 0 Å². The standard InChI is InChI=1S/C17H19NO2S/c1-20-17-8-6-15(18)9-14(17)11-21(19)16-7-5-12-3-2-4-13(12)10-16/h5-10H,2-4,11,18H2,1H3. The van der Waals surface area contributed by atoms with Gasteiger partial charge in [0.1, 0.15) is 5.75 Å². The van der Waals surface area contributed by atoms with E-state index >= 15 is 0 Å². The summed E-state index contributed by atoms with van der Waals surface area (Å²) in [6.07, 6.45) is 3.45. The number of fused-ring (bicyclic) bond motifs is 1. The number of anilines is 1. The summed E-state index contributed by atoms with van der Waals surface area (Å²) in [5, 5.41) is 0. The number of benzene rings is 2. The highest BCUT2D eigenvalue weighted by Crippen LogP contribution is 2.27. The molecule has 2 aromatic rings. The molecular formula is C17H19NO2S. The van der Waals surface area contributed by atoms with Crippen LogP contribution < -0.4 is 10.5 Å². The third-order valence-electron chi connectivity index (χ3n) is 3.92. The lowest BCUT2D eigenvalue weighted by Gasteiger charge is -2.10. The number of aryl methyl sites for hydroxylation is 2. The van der Waals surface area contributed by atoms with Gasteiger partial charge >= 0.3 is 0 Å². The Morgan fingerprint density at radius 2 is 1.95 bits per heavy atom. The van der Waals surface area contributed by atoms with Gasteiger partial charge in [0.25, 0.3) is 0 Å². The Morgan fingerprint density at radius 3 is 2.76 bits per heavy atom. The Labute approximate surface area is 127 Å². The molecule has 3 nitrogen and oxygen atoms in total. The Morgan fingerprint density at radius 1 is 1.14 bits per heavy atom. The van der Waals surface area contributed by atoms with Gasteiger partial charge < -0.3 is 10.5 Å². The predicted octanol–water partition coefficient (Wildman–Crippen LogP) is 3.07. The molecule has 21 heavy (non-hydrogen) atoms. The molecule has 0 fully saturated rings. The molecule has 1 unspecified atom stereocenters. The molecule has 0 bridgehead atoms. The van der Waals surface area contributed by atoms with Crippen LogP contribution in [-0.4, -0.2) is 11.3 Å². The first-order valence-corrected chi connectivity index (χ1v) is 8.42. The molecule has 1 aliphatic rings. The first-order valence-electron chi connectivity index (χ1n) is 7.10. The van der Waals surface area contributed by atoms with Gasteiger partial charge in [-0.25, -0.2) is 0 Å². The summed E-state index contributed by atoms with van der Waals surface area (Å²) < 4.78 is 17.9. The van der Waals surface area contributed by atoms with Crippen LogP contribution in [-0.2, 0) is 29.4 Å². The van der Waals surface area contributed by atoms with Crippen LogP contribution in [0.2, 0.25) is 0 Å². The van der Waals surface area contributed by atoms with Gasteiger partial charge in [0.2, 0.25) is 0 Å². The summed E-state index contributed by atoms with van der Waals surface area (Å²) >= 11 is 0. The lowest BCUT2D eigenvalue weighted by atomic mass is 10.1. The van der Waals surface area contributed by atoms with Crippen molar-refractivity contribution in [3.05, 3.63) is 53.1 Å².